The van der Waals surface area contributed by atoms with E-state index in [9.17, 15) is 14.0 Å². The highest BCUT2D eigenvalue weighted by atomic mass is 19.1. The zero-order valence-corrected chi connectivity index (χ0v) is 13.0. The van der Waals surface area contributed by atoms with Crippen LogP contribution in [0.5, 0.6) is 0 Å². The summed E-state index contributed by atoms with van der Waals surface area (Å²) in [5.41, 5.74) is 2.61. The van der Waals surface area contributed by atoms with Gasteiger partial charge in [0.1, 0.15) is 5.82 Å². The molecule has 3 rings (SSSR count). The molecule has 0 aliphatic carbocycles. The van der Waals surface area contributed by atoms with Gasteiger partial charge < -0.3 is 10.3 Å². The molecule has 2 N–H and O–H groups in total. The molecule has 0 saturated heterocycles. The number of aryl methyl sites for hydroxylation is 1. The Morgan fingerprint density at radius 2 is 1.79 bits per heavy atom. The smallest absolute Gasteiger partial charge is 0.291 e. The summed E-state index contributed by atoms with van der Waals surface area (Å²) >= 11 is 0. The first-order chi connectivity index (χ1) is 11.6. The molecule has 0 spiro atoms. The second-order valence-electron chi connectivity index (χ2n) is 5.60. The molecule has 0 aliphatic rings. The third-order valence-corrected chi connectivity index (χ3v) is 3.88. The lowest BCUT2D eigenvalue weighted by atomic mass is 10.1. The van der Waals surface area contributed by atoms with Gasteiger partial charge in [0.05, 0.1) is 0 Å². The minimum atomic E-state index is -0.666. The van der Waals surface area contributed by atoms with E-state index in [1.54, 1.807) is 0 Å². The first-order valence-electron chi connectivity index (χ1n) is 7.78. The number of amides is 1. The van der Waals surface area contributed by atoms with E-state index in [0.717, 1.165) is 22.9 Å². The predicted molar refractivity (Wildman–Crippen MR) is 91.3 cm³/mol. The number of halogens is 1. The molecule has 0 radical (unpaired) electrons. The van der Waals surface area contributed by atoms with Gasteiger partial charge in [0.15, 0.2) is 0 Å². The van der Waals surface area contributed by atoms with Gasteiger partial charge in [-0.15, -0.1) is 0 Å². The van der Waals surface area contributed by atoms with Gasteiger partial charge in [0, 0.05) is 29.2 Å². The summed E-state index contributed by atoms with van der Waals surface area (Å²) < 4.78 is 12.8. The van der Waals surface area contributed by atoms with Gasteiger partial charge in [0.2, 0.25) is 5.78 Å². The molecule has 0 bridgehead atoms. The molecule has 4 nitrogen and oxygen atoms in total. The fourth-order valence-electron chi connectivity index (χ4n) is 2.63. The van der Waals surface area contributed by atoms with Crippen LogP contribution in [-0.2, 0) is 16.0 Å². The van der Waals surface area contributed by atoms with Crippen molar-refractivity contribution in [2.45, 2.75) is 19.3 Å². The van der Waals surface area contributed by atoms with Crippen LogP contribution in [-0.4, -0.2) is 16.7 Å². The molecule has 0 saturated carbocycles. The third kappa shape index (κ3) is 3.68. The summed E-state index contributed by atoms with van der Waals surface area (Å²) in [5, 5.41) is 3.62. The summed E-state index contributed by atoms with van der Waals surface area (Å²) in [6, 6.07) is 13.3. The van der Waals surface area contributed by atoms with E-state index < -0.39 is 17.5 Å². The Labute approximate surface area is 138 Å². The normalized spacial score (nSPS) is 10.7. The second kappa shape index (κ2) is 7.08. The molecule has 3 aromatic rings. The fraction of sp³-hybridized carbons (Fsp3) is 0.158. The Balaban J connectivity index is 1.51. The van der Waals surface area contributed by atoms with Crippen molar-refractivity contribution in [1.29, 1.82) is 0 Å². The van der Waals surface area contributed by atoms with E-state index in [-0.39, 0.29) is 6.42 Å². The lowest BCUT2D eigenvalue weighted by Crippen LogP contribution is -2.22. The number of benzene rings is 2. The van der Waals surface area contributed by atoms with Crippen LogP contribution in [0.1, 0.15) is 18.4 Å². The SMILES string of the molecule is O=C(CCCc1c[nH]c2ccccc12)C(=O)Nc1ccc(F)cc1. The summed E-state index contributed by atoms with van der Waals surface area (Å²) in [6.45, 7) is 0. The number of hydrogen-bond donors (Lipinski definition) is 2. The van der Waals surface area contributed by atoms with Crippen LogP contribution < -0.4 is 5.32 Å². The first kappa shape index (κ1) is 15.9. The molecule has 0 fully saturated rings. The molecule has 1 aromatic heterocycles. The number of carbonyl (C=O) groups excluding carboxylic acids is 2. The number of ketones is 1. The van der Waals surface area contributed by atoms with Crippen LogP contribution in [0.3, 0.4) is 0 Å². The molecular weight excluding hydrogens is 307 g/mol. The van der Waals surface area contributed by atoms with Gasteiger partial charge in [0.25, 0.3) is 5.91 Å². The average Bonchev–Trinajstić information content (AvgIpc) is 3.00. The maximum Gasteiger partial charge on any atom is 0.291 e. The van der Waals surface area contributed by atoms with E-state index in [2.05, 4.69) is 10.3 Å². The van der Waals surface area contributed by atoms with Crippen molar-refractivity contribution in [2.75, 3.05) is 5.32 Å². The molecule has 2 aromatic carbocycles. The van der Waals surface area contributed by atoms with Crippen molar-refractivity contribution in [1.82, 2.24) is 4.98 Å². The number of carbonyl (C=O) groups is 2. The second-order valence-corrected chi connectivity index (χ2v) is 5.60. The zero-order chi connectivity index (χ0) is 16.9. The van der Waals surface area contributed by atoms with Crippen molar-refractivity contribution in [2.24, 2.45) is 0 Å². The van der Waals surface area contributed by atoms with Crippen LogP contribution in [0.2, 0.25) is 0 Å². The van der Waals surface area contributed by atoms with Gasteiger partial charge in [-0.05, 0) is 48.7 Å². The van der Waals surface area contributed by atoms with E-state index in [1.165, 1.54) is 24.3 Å². The van der Waals surface area contributed by atoms with Crippen LogP contribution in [0.15, 0.2) is 54.7 Å². The molecule has 1 amide bonds. The Kier molecular flexibility index (Phi) is 4.70. The monoisotopic (exact) mass is 324 g/mol. The first-order valence-corrected chi connectivity index (χ1v) is 7.78. The number of aromatic amines is 1. The Morgan fingerprint density at radius 3 is 2.58 bits per heavy atom. The highest BCUT2D eigenvalue weighted by molar-refractivity contribution is 6.40. The summed E-state index contributed by atoms with van der Waals surface area (Å²) in [5.74, 6) is -1.53. The third-order valence-electron chi connectivity index (χ3n) is 3.88. The summed E-state index contributed by atoms with van der Waals surface area (Å²) in [6.07, 6.45) is 3.43. The van der Waals surface area contributed by atoms with Crippen molar-refractivity contribution in [3.8, 4) is 0 Å². The Morgan fingerprint density at radius 1 is 1.04 bits per heavy atom. The Hall–Kier alpha value is -2.95. The lowest BCUT2D eigenvalue weighted by Gasteiger charge is -2.04. The molecule has 5 heteroatoms. The minimum Gasteiger partial charge on any atom is -0.361 e. The van der Waals surface area contributed by atoms with Crippen molar-refractivity contribution in [3.63, 3.8) is 0 Å². The maximum absolute atomic E-state index is 12.8. The predicted octanol–water partition coefficient (Wildman–Crippen LogP) is 3.84. The number of fused-ring (bicyclic) bond motifs is 1. The van der Waals surface area contributed by atoms with Crippen molar-refractivity contribution < 1.29 is 14.0 Å². The molecular formula is C19H17FN2O2. The minimum absolute atomic E-state index is 0.173. The average molecular weight is 324 g/mol. The number of rotatable bonds is 6. The number of Topliss-reactive ketones (excluding diaryl/α,β-unsaturated/α-hetero) is 1. The van der Waals surface area contributed by atoms with Gasteiger partial charge in [-0.1, -0.05) is 18.2 Å². The molecule has 0 aliphatic heterocycles. The van der Waals surface area contributed by atoms with Crippen molar-refractivity contribution >= 4 is 28.3 Å². The zero-order valence-electron chi connectivity index (χ0n) is 13.0. The van der Waals surface area contributed by atoms with Crippen LogP contribution in [0.4, 0.5) is 10.1 Å². The van der Waals surface area contributed by atoms with Gasteiger partial charge in [-0.2, -0.15) is 0 Å². The highest BCUT2D eigenvalue weighted by Gasteiger charge is 2.14. The fourth-order valence-corrected chi connectivity index (χ4v) is 2.63. The lowest BCUT2D eigenvalue weighted by molar-refractivity contribution is -0.134. The molecule has 24 heavy (non-hydrogen) atoms. The molecule has 1 heterocycles. The van der Waals surface area contributed by atoms with Gasteiger partial charge in [-0.3, -0.25) is 9.59 Å². The van der Waals surface area contributed by atoms with Crippen LogP contribution in [0, 0.1) is 5.82 Å². The van der Waals surface area contributed by atoms with Crippen LogP contribution >= 0.6 is 0 Å². The van der Waals surface area contributed by atoms with E-state index in [4.69, 9.17) is 0 Å². The van der Waals surface area contributed by atoms with Gasteiger partial charge >= 0.3 is 0 Å². The highest BCUT2D eigenvalue weighted by Crippen LogP contribution is 2.19. The summed E-state index contributed by atoms with van der Waals surface area (Å²) in [4.78, 5) is 26.9. The number of nitrogens with one attached hydrogen (secondary N) is 2. The number of aromatic nitrogens is 1. The largest absolute Gasteiger partial charge is 0.361 e. The van der Waals surface area contributed by atoms with Crippen LogP contribution in [0.25, 0.3) is 10.9 Å². The van der Waals surface area contributed by atoms with E-state index >= 15 is 0 Å². The molecule has 0 unspecified atom stereocenters. The van der Waals surface area contributed by atoms with Crippen molar-refractivity contribution in [3.05, 3.63) is 66.1 Å². The number of H-pyrrole nitrogens is 1. The Bertz CT molecular complexity index is 868. The number of para-hydroxylation sites is 1. The van der Waals surface area contributed by atoms with Gasteiger partial charge in [-0.25, -0.2) is 4.39 Å². The quantitative estimate of drug-likeness (QED) is 0.677. The maximum atomic E-state index is 12.8. The summed E-state index contributed by atoms with van der Waals surface area (Å²) in [7, 11) is 0. The number of anilines is 1. The topological polar surface area (TPSA) is 62.0 Å². The standard InChI is InChI=1S/C19H17FN2O2/c20-14-8-10-15(11-9-14)22-19(24)18(23)7-3-4-13-12-21-17-6-2-1-5-16(13)17/h1-2,5-6,8-12,21H,3-4,7H2,(H,22,24). The molecule has 122 valence electrons. The molecule has 0 atom stereocenters. The van der Waals surface area contributed by atoms with E-state index in [0.29, 0.717) is 12.1 Å². The number of hydrogen-bond acceptors (Lipinski definition) is 2. The van der Waals surface area contributed by atoms with E-state index in [1.807, 2.05) is 30.5 Å².